The number of carbonyl (C=O) groups is 1. The van der Waals surface area contributed by atoms with Gasteiger partial charge in [-0.2, -0.15) is 0 Å². The summed E-state index contributed by atoms with van der Waals surface area (Å²) >= 11 is 0. The van der Waals surface area contributed by atoms with Crippen molar-refractivity contribution in [2.45, 2.75) is 0 Å². The number of pyridine rings is 1. The second-order valence-corrected chi connectivity index (χ2v) is 3.65. The first-order valence-electron chi connectivity index (χ1n) is 4.96. The number of rotatable bonds is 2. The molecule has 2 aromatic rings. The molecule has 0 bridgehead atoms. The molecule has 0 aliphatic carbocycles. The van der Waals surface area contributed by atoms with E-state index in [1.54, 1.807) is 0 Å². The summed E-state index contributed by atoms with van der Waals surface area (Å²) in [5.41, 5.74) is -2.36. The van der Waals surface area contributed by atoms with Gasteiger partial charge >= 0.3 is 5.97 Å². The Bertz CT molecular complexity index is 780. The highest BCUT2D eigenvalue weighted by molar-refractivity contribution is 5.93. The monoisotopic (exact) mass is 269 g/mol. The molecule has 0 saturated heterocycles. The largest absolute Gasteiger partial charge is 0.477 e. The Kier molecular flexibility index (Phi) is 2.89. The number of fused-ring (bicyclic) bond motifs is 1. The maximum absolute atomic E-state index is 13.6. The lowest BCUT2D eigenvalue weighted by molar-refractivity contribution is 0.0695. The van der Waals surface area contributed by atoms with Crippen molar-refractivity contribution in [3.05, 3.63) is 52.1 Å². The number of carboxylic acids is 1. The van der Waals surface area contributed by atoms with E-state index in [4.69, 9.17) is 5.11 Å². The third-order valence-corrected chi connectivity index (χ3v) is 2.58. The maximum Gasteiger partial charge on any atom is 0.341 e. The van der Waals surface area contributed by atoms with Crippen molar-refractivity contribution in [2.75, 3.05) is 0 Å². The average molecular weight is 269 g/mol. The first-order chi connectivity index (χ1) is 8.88. The van der Waals surface area contributed by atoms with Gasteiger partial charge in [-0.25, -0.2) is 18.0 Å². The van der Waals surface area contributed by atoms with Gasteiger partial charge in [-0.3, -0.25) is 4.79 Å². The van der Waals surface area contributed by atoms with Crippen LogP contribution < -0.4 is 5.43 Å². The molecule has 1 N–H and O–H groups in total. The van der Waals surface area contributed by atoms with Crippen LogP contribution in [0, 0.1) is 17.5 Å². The van der Waals surface area contributed by atoms with Crippen molar-refractivity contribution >= 4 is 23.1 Å². The molecule has 0 atom stereocenters. The minimum Gasteiger partial charge on any atom is -0.477 e. The highest BCUT2D eigenvalue weighted by atomic mass is 19.2. The van der Waals surface area contributed by atoms with Gasteiger partial charge in [0.15, 0.2) is 17.5 Å². The Morgan fingerprint density at radius 3 is 2.47 bits per heavy atom. The van der Waals surface area contributed by atoms with Crippen molar-refractivity contribution in [2.24, 2.45) is 0 Å². The molecule has 1 aromatic heterocycles. The van der Waals surface area contributed by atoms with Gasteiger partial charge in [0.1, 0.15) is 5.56 Å². The normalized spacial score (nSPS) is 10.7. The minimum absolute atomic E-state index is 0.461. The summed E-state index contributed by atoms with van der Waals surface area (Å²) in [4.78, 5) is 22.6. The number of benzene rings is 1. The molecule has 0 fully saturated rings. The van der Waals surface area contributed by atoms with Crippen LogP contribution >= 0.6 is 0 Å². The number of carboxylic acid groups (broad SMARTS) is 1. The molecular formula is C12H6F3NO3. The standard InChI is InChI=1S/C12H6F3NO3/c1-2-16-4-6(12(18)19)11(17)5-3-7(13)8(14)9(15)10(5)16/h2-4H,1H2,(H,18,19). The smallest absolute Gasteiger partial charge is 0.341 e. The van der Waals surface area contributed by atoms with E-state index in [0.717, 1.165) is 17.0 Å². The van der Waals surface area contributed by atoms with Crippen LogP contribution in [0.25, 0.3) is 17.1 Å². The van der Waals surface area contributed by atoms with Crippen LogP contribution in [0.1, 0.15) is 10.4 Å². The lowest BCUT2D eigenvalue weighted by Crippen LogP contribution is -2.19. The van der Waals surface area contributed by atoms with E-state index < -0.39 is 45.3 Å². The molecule has 4 nitrogen and oxygen atoms in total. The van der Waals surface area contributed by atoms with Gasteiger partial charge in [0, 0.05) is 12.4 Å². The molecule has 0 aliphatic heterocycles. The summed E-state index contributed by atoms with van der Waals surface area (Å²) in [5.74, 6) is -6.46. The second kappa shape index (κ2) is 4.27. The number of aromatic nitrogens is 1. The van der Waals surface area contributed by atoms with Crippen molar-refractivity contribution in [3.63, 3.8) is 0 Å². The molecule has 1 heterocycles. The molecule has 0 aliphatic rings. The fourth-order valence-electron chi connectivity index (χ4n) is 1.71. The first kappa shape index (κ1) is 12.9. The van der Waals surface area contributed by atoms with Crippen LogP contribution in [0.3, 0.4) is 0 Å². The summed E-state index contributed by atoms with van der Waals surface area (Å²) in [6.45, 7) is 3.29. The van der Waals surface area contributed by atoms with Crippen molar-refractivity contribution in [1.82, 2.24) is 4.57 Å². The van der Waals surface area contributed by atoms with Crippen LogP contribution in [-0.2, 0) is 0 Å². The van der Waals surface area contributed by atoms with Gasteiger partial charge in [-0.15, -0.1) is 0 Å². The molecule has 98 valence electrons. The number of nitrogens with zero attached hydrogens (tertiary/aromatic N) is 1. The van der Waals surface area contributed by atoms with Crippen molar-refractivity contribution in [1.29, 1.82) is 0 Å². The maximum atomic E-state index is 13.6. The van der Waals surface area contributed by atoms with Crippen LogP contribution in [0.4, 0.5) is 13.2 Å². The molecule has 0 saturated carbocycles. The molecule has 2 rings (SSSR count). The lowest BCUT2D eigenvalue weighted by atomic mass is 10.1. The molecular weight excluding hydrogens is 263 g/mol. The Morgan fingerprint density at radius 2 is 1.95 bits per heavy atom. The summed E-state index contributed by atoms with van der Waals surface area (Å²) in [6, 6.07) is 0.461. The summed E-state index contributed by atoms with van der Waals surface area (Å²) in [6.07, 6.45) is 1.77. The molecule has 19 heavy (non-hydrogen) atoms. The van der Waals surface area contributed by atoms with Crippen LogP contribution in [0.15, 0.2) is 23.6 Å². The zero-order valence-corrected chi connectivity index (χ0v) is 9.28. The van der Waals surface area contributed by atoms with Gasteiger partial charge in [0.05, 0.1) is 10.9 Å². The van der Waals surface area contributed by atoms with E-state index in [0.29, 0.717) is 6.07 Å². The van der Waals surface area contributed by atoms with E-state index >= 15 is 0 Å². The quantitative estimate of drug-likeness (QED) is 0.850. The third kappa shape index (κ3) is 1.79. The highest BCUT2D eigenvalue weighted by Crippen LogP contribution is 2.21. The lowest BCUT2D eigenvalue weighted by Gasteiger charge is -2.09. The summed E-state index contributed by atoms with van der Waals surface area (Å²) < 4.78 is 40.7. The first-order valence-corrected chi connectivity index (χ1v) is 4.96. The van der Waals surface area contributed by atoms with Gasteiger partial charge in [-0.1, -0.05) is 6.58 Å². The molecule has 0 unspecified atom stereocenters. The fourth-order valence-corrected chi connectivity index (χ4v) is 1.71. The number of aromatic carboxylic acids is 1. The van der Waals surface area contributed by atoms with Crippen molar-refractivity contribution < 1.29 is 23.1 Å². The molecule has 1 aromatic carbocycles. The fraction of sp³-hybridized carbons (Fsp3) is 0. The molecule has 0 amide bonds. The summed E-state index contributed by atoms with van der Waals surface area (Å²) in [7, 11) is 0. The van der Waals surface area contributed by atoms with Crippen LogP contribution in [-0.4, -0.2) is 15.6 Å². The topological polar surface area (TPSA) is 59.3 Å². The zero-order valence-electron chi connectivity index (χ0n) is 9.28. The van der Waals surface area contributed by atoms with E-state index in [2.05, 4.69) is 6.58 Å². The third-order valence-electron chi connectivity index (χ3n) is 2.58. The predicted octanol–water partition coefficient (Wildman–Crippen LogP) is 2.22. The average Bonchev–Trinajstić information content (AvgIpc) is 2.37. The van der Waals surface area contributed by atoms with Gasteiger partial charge < -0.3 is 9.67 Å². The molecule has 0 radical (unpaired) electrons. The Labute approximate surface area is 104 Å². The zero-order chi connectivity index (χ0) is 14.3. The van der Waals surface area contributed by atoms with Crippen LogP contribution in [0.2, 0.25) is 0 Å². The van der Waals surface area contributed by atoms with Crippen molar-refractivity contribution in [3.8, 4) is 0 Å². The van der Waals surface area contributed by atoms with Gasteiger partial charge in [0.2, 0.25) is 5.43 Å². The second-order valence-electron chi connectivity index (χ2n) is 3.65. The van der Waals surface area contributed by atoms with E-state index in [1.165, 1.54) is 0 Å². The molecule has 0 spiro atoms. The molecule has 7 heteroatoms. The highest BCUT2D eigenvalue weighted by Gasteiger charge is 2.21. The van der Waals surface area contributed by atoms with Crippen LogP contribution in [0.5, 0.6) is 0 Å². The summed E-state index contributed by atoms with van der Waals surface area (Å²) in [5, 5.41) is 8.26. The number of hydrogen-bond donors (Lipinski definition) is 1. The van der Waals surface area contributed by atoms with E-state index in [9.17, 15) is 22.8 Å². The van der Waals surface area contributed by atoms with E-state index in [-0.39, 0.29) is 0 Å². The Balaban J connectivity index is 3.13. The van der Waals surface area contributed by atoms with Gasteiger partial charge in [-0.05, 0) is 6.07 Å². The van der Waals surface area contributed by atoms with Gasteiger partial charge in [0.25, 0.3) is 0 Å². The Morgan fingerprint density at radius 1 is 1.32 bits per heavy atom. The SMILES string of the molecule is C=Cn1cc(C(=O)O)c(=O)c2cc(F)c(F)c(F)c21. The predicted molar refractivity (Wildman–Crippen MR) is 61.4 cm³/mol. The number of hydrogen-bond acceptors (Lipinski definition) is 2. The van der Waals surface area contributed by atoms with E-state index in [1.807, 2.05) is 0 Å². The Hall–Kier alpha value is -2.57. The number of halogens is 3. The minimum atomic E-state index is -1.74.